The molecule has 0 radical (unpaired) electrons. The number of hydrogen-bond donors (Lipinski definition) is 2. The van der Waals surface area contributed by atoms with Crippen molar-refractivity contribution in [1.29, 1.82) is 0 Å². The number of rotatable bonds is 3. The van der Waals surface area contributed by atoms with Gasteiger partial charge in [0, 0.05) is 25.7 Å². The molecule has 0 amide bonds. The summed E-state index contributed by atoms with van der Waals surface area (Å²) in [6.45, 7) is 3.26. The molecule has 5 heteroatoms. The van der Waals surface area contributed by atoms with Gasteiger partial charge in [-0.25, -0.2) is 0 Å². The number of nitrogens with two attached hydrogens (primary N) is 1. The molecule has 2 heterocycles. The summed E-state index contributed by atoms with van der Waals surface area (Å²) in [7, 11) is 0. The minimum atomic E-state index is -0.709. The van der Waals surface area contributed by atoms with Crippen molar-refractivity contribution in [3.63, 3.8) is 0 Å². The van der Waals surface area contributed by atoms with E-state index in [1.54, 1.807) is 6.07 Å². The van der Waals surface area contributed by atoms with Gasteiger partial charge in [0.2, 0.25) is 0 Å². The van der Waals surface area contributed by atoms with Gasteiger partial charge in [-0.15, -0.1) is 0 Å². The van der Waals surface area contributed by atoms with Gasteiger partial charge >= 0.3 is 0 Å². The average Bonchev–Trinajstić information content (AvgIpc) is 2.78. The van der Waals surface area contributed by atoms with Crippen molar-refractivity contribution in [2.45, 2.75) is 6.10 Å². The molecule has 5 nitrogen and oxygen atoms in total. The molecule has 3 N–H and O–H groups in total. The number of ether oxygens (including phenoxy) is 1. The average molecular weight is 212 g/mol. The van der Waals surface area contributed by atoms with Crippen molar-refractivity contribution < 1.29 is 14.3 Å². The van der Waals surface area contributed by atoms with E-state index in [1.165, 1.54) is 0 Å². The number of aliphatic hydroxyl groups is 1. The Labute approximate surface area is 88.4 Å². The minimum Gasteiger partial charge on any atom is -0.443 e. The zero-order valence-corrected chi connectivity index (χ0v) is 8.56. The summed E-state index contributed by atoms with van der Waals surface area (Å²) in [5.74, 6) is 1.31. The Morgan fingerprint density at radius 1 is 1.40 bits per heavy atom. The molecule has 1 aliphatic rings. The highest BCUT2D eigenvalue weighted by Gasteiger charge is 2.16. The van der Waals surface area contributed by atoms with Crippen LogP contribution in [0.2, 0.25) is 0 Å². The van der Waals surface area contributed by atoms with Crippen molar-refractivity contribution >= 4 is 5.88 Å². The first kappa shape index (κ1) is 10.5. The first-order valence-electron chi connectivity index (χ1n) is 5.12. The maximum atomic E-state index is 9.48. The number of morpholine rings is 1. The van der Waals surface area contributed by atoms with Gasteiger partial charge < -0.3 is 24.9 Å². The smallest absolute Gasteiger partial charge is 0.195 e. The third-order valence-corrected chi connectivity index (χ3v) is 2.49. The highest BCUT2D eigenvalue weighted by molar-refractivity contribution is 5.37. The van der Waals surface area contributed by atoms with Gasteiger partial charge in [0.1, 0.15) is 11.9 Å². The SMILES string of the molecule is NCC(O)c1ccc(N2CCOCC2)o1. The second-order valence-electron chi connectivity index (χ2n) is 3.53. The van der Waals surface area contributed by atoms with Crippen molar-refractivity contribution in [2.75, 3.05) is 37.7 Å². The topological polar surface area (TPSA) is 71.9 Å². The largest absolute Gasteiger partial charge is 0.443 e. The van der Waals surface area contributed by atoms with Crippen molar-refractivity contribution in [3.8, 4) is 0 Å². The normalized spacial score (nSPS) is 19.2. The van der Waals surface area contributed by atoms with Crippen LogP contribution in [0.5, 0.6) is 0 Å². The number of aliphatic hydroxyl groups excluding tert-OH is 1. The van der Waals surface area contributed by atoms with Crippen LogP contribution in [0.15, 0.2) is 16.5 Å². The zero-order valence-electron chi connectivity index (χ0n) is 8.56. The molecule has 0 saturated carbocycles. The maximum Gasteiger partial charge on any atom is 0.195 e. The summed E-state index contributed by atoms with van der Waals surface area (Å²) in [6.07, 6.45) is -0.709. The predicted molar refractivity (Wildman–Crippen MR) is 55.8 cm³/mol. The molecule has 15 heavy (non-hydrogen) atoms. The molecule has 1 aromatic rings. The molecule has 0 aliphatic carbocycles. The molecular formula is C10H16N2O3. The summed E-state index contributed by atoms with van der Waals surface area (Å²) in [5, 5.41) is 9.48. The molecule has 1 unspecified atom stereocenters. The fourth-order valence-corrected chi connectivity index (χ4v) is 1.59. The number of hydrogen-bond acceptors (Lipinski definition) is 5. The van der Waals surface area contributed by atoms with Crippen LogP contribution in [0.4, 0.5) is 5.88 Å². The van der Waals surface area contributed by atoms with Crippen LogP contribution >= 0.6 is 0 Å². The molecule has 84 valence electrons. The summed E-state index contributed by atoms with van der Waals surface area (Å²) in [4.78, 5) is 2.09. The molecule has 1 saturated heterocycles. The Balaban J connectivity index is 2.05. The van der Waals surface area contributed by atoms with E-state index in [0.29, 0.717) is 5.76 Å². The van der Waals surface area contributed by atoms with Crippen LogP contribution in [0.1, 0.15) is 11.9 Å². The summed E-state index contributed by atoms with van der Waals surface area (Å²) in [5.41, 5.74) is 5.35. The Morgan fingerprint density at radius 2 is 2.13 bits per heavy atom. The zero-order chi connectivity index (χ0) is 10.7. The highest BCUT2D eigenvalue weighted by Crippen LogP contribution is 2.23. The lowest BCUT2D eigenvalue weighted by Gasteiger charge is -2.26. The minimum absolute atomic E-state index is 0.177. The van der Waals surface area contributed by atoms with E-state index in [-0.39, 0.29) is 6.54 Å². The van der Waals surface area contributed by atoms with Crippen LogP contribution < -0.4 is 10.6 Å². The van der Waals surface area contributed by atoms with E-state index in [0.717, 1.165) is 32.2 Å². The standard InChI is InChI=1S/C10H16N2O3/c11-7-8(13)9-1-2-10(15-9)12-3-5-14-6-4-12/h1-2,8,13H,3-7,11H2. The highest BCUT2D eigenvalue weighted by atomic mass is 16.5. The van der Waals surface area contributed by atoms with E-state index in [1.807, 2.05) is 6.07 Å². The van der Waals surface area contributed by atoms with E-state index in [4.69, 9.17) is 14.9 Å². The van der Waals surface area contributed by atoms with Crippen LogP contribution in [0, 0.1) is 0 Å². The maximum absolute atomic E-state index is 9.48. The third-order valence-electron chi connectivity index (χ3n) is 2.49. The number of furan rings is 1. The molecule has 0 bridgehead atoms. The number of nitrogens with zero attached hydrogens (tertiary/aromatic N) is 1. The first-order valence-corrected chi connectivity index (χ1v) is 5.12. The Kier molecular flexibility index (Phi) is 3.25. The fourth-order valence-electron chi connectivity index (χ4n) is 1.59. The van der Waals surface area contributed by atoms with Crippen LogP contribution in [0.25, 0.3) is 0 Å². The van der Waals surface area contributed by atoms with Gasteiger partial charge in [0.05, 0.1) is 13.2 Å². The predicted octanol–water partition coefficient (Wildman–Crippen LogP) is 0.108. The Hall–Kier alpha value is -1.04. The Bertz CT molecular complexity index is 307. The second kappa shape index (κ2) is 4.65. The van der Waals surface area contributed by atoms with Gasteiger partial charge in [0.15, 0.2) is 5.88 Å². The molecule has 1 fully saturated rings. The summed E-state index contributed by atoms with van der Waals surface area (Å²) in [6, 6.07) is 3.63. The molecule has 2 rings (SSSR count). The van der Waals surface area contributed by atoms with E-state index >= 15 is 0 Å². The van der Waals surface area contributed by atoms with Crippen molar-refractivity contribution in [2.24, 2.45) is 5.73 Å². The molecule has 1 aromatic heterocycles. The molecule has 0 spiro atoms. The van der Waals surface area contributed by atoms with Gasteiger partial charge in [-0.2, -0.15) is 0 Å². The van der Waals surface area contributed by atoms with Gasteiger partial charge in [-0.05, 0) is 6.07 Å². The van der Waals surface area contributed by atoms with Crippen LogP contribution in [-0.2, 0) is 4.74 Å². The van der Waals surface area contributed by atoms with Gasteiger partial charge in [0.25, 0.3) is 0 Å². The van der Waals surface area contributed by atoms with Crippen molar-refractivity contribution in [1.82, 2.24) is 0 Å². The monoisotopic (exact) mass is 212 g/mol. The van der Waals surface area contributed by atoms with Crippen LogP contribution in [-0.4, -0.2) is 38.0 Å². The van der Waals surface area contributed by atoms with Gasteiger partial charge in [-0.3, -0.25) is 0 Å². The lowest BCUT2D eigenvalue weighted by Crippen LogP contribution is -2.35. The number of anilines is 1. The van der Waals surface area contributed by atoms with Gasteiger partial charge in [-0.1, -0.05) is 0 Å². The van der Waals surface area contributed by atoms with E-state index in [2.05, 4.69) is 4.90 Å². The second-order valence-corrected chi connectivity index (χ2v) is 3.53. The summed E-state index contributed by atoms with van der Waals surface area (Å²) < 4.78 is 10.8. The van der Waals surface area contributed by atoms with Crippen molar-refractivity contribution in [3.05, 3.63) is 17.9 Å². The first-order chi connectivity index (χ1) is 7.31. The Morgan fingerprint density at radius 3 is 2.80 bits per heavy atom. The molecule has 1 aliphatic heterocycles. The van der Waals surface area contributed by atoms with E-state index < -0.39 is 6.10 Å². The quantitative estimate of drug-likeness (QED) is 0.744. The molecule has 0 aromatic carbocycles. The van der Waals surface area contributed by atoms with Crippen LogP contribution in [0.3, 0.4) is 0 Å². The molecular weight excluding hydrogens is 196 g/mol. The third kappa shape index (κ3) is 2.31. The van der Waals surface area contributed by atoms with E-state index in [9.17, 15) is 5.11 Å². The lowest BCUT2D eigenvalue weighted by atomic mass is 10.3. The fraction of sp³-hybridized carbons (Fsp3) is 0.600. The molecule has 1 atom stereocenters. The lowest BCUT2D eigenvalue weighted by molar-refractivity contribution is 0.119. The summed E-state index contributed by atoms with van der Waals surface area (Å²) >= 11 is 0.